The number of aliphatic hydroxyl groups excluding tert-OH is 1. The van der Waals surface area contributed by atoms with Crippen LogP contribution in [0.1, 0.15) is 20.3 Å². The Morgan fingerprint density at radius 1 is 1.55 bits per heavy atom. The molecule has 0 aromatic carbocycles. The number of aliphatic hydroxyl groups is 1. The molecule has 0 aromatic rings. The summed E-state index contributed by atoms with van der Waals surface area (Å²) in [6.07, 6.45) is 0.532. The molecule has 3 N–H and O–H groups in total. The second kappa shape index (κ2) is 3.52. The molecule has 0 amide bonds. The van der Waals surface area contributed by atoms with Gasteiger partial charge in [0.2, 0.25) is 0 Å². The average molecular weight is 158 g/mol. The van der Waals surface area contributed by atoms with Crippen LogP contribution in [0.3, 0.4) is 0 Å². The Morgan fingerprint density at radius 3 is 2.64 bits per heavy atom. The van der Waals surface area contributed by atoms with E-state index in [1.54, 1.807) is 0 Å². The van der Waals surface area contributed by atoms with Crippen LogP contribution in [0.5, 0.6) is 0 Å². The lowest BCUT2D eigenvalue weighted by molar-refractivity contribution is 0.0496. The van der Waals surface area contributed by atoms with Crippen molar-refractivity contribution in [2.45, 2.75) is 38.5 Å². The van der Waals surface area contributed by atoms with Crippen molar-refractivity contribution in [2.24, 2.45) is 5.73 Å². The molecule has 1 rings (SSSR count). The molecule has 11 heavy (non-hydrogen) atoms. The normalized spacial score (nSPS) is 34.6. The highest BCUT2D eigenvalue weighted by Gasteiger charge is 2.25. The lowest BCUT2D eigenvalue weighted by Crippen LogP contribution is -2.53. The standard InChI is InChI=1S/C8H18N2O/c1-6(2)10-4-3-8(11)7(9)5-10/h6-8,11H,3-5,9H2,1-2H3/t7-,8-/m1/s1. The van der Waals surface area contributed by atoms with Crippen molar-refractivity contribution in [3.05, 3.63) is 0 Å². The summed E-state index contributed by atoms with van der Waals surface area (Å²) in [5.41, 5.74) is 5.71. The summed E-state index contributed by atoms with van der Waals surface area (Å²) >= 11 is 0. The molecule has 0 aliphatic carbocycles. The highest BCUT2D eigenvalue weighted by molar-refractivity contribution is 4.83. The third-order valence-corrected chi connectivity index (χ3v) is 2.38. The van der Waals surface area contributed by atoms with E-state index in [1.807, 2.05) is 0 Å². The number of hydrogen-bond acceptors (Lipinski definition) is 3. The number of nitrogens with two attached hydrogens (primary N) is 1. The van der Waals surface area contributed by atoms with Crippen molar-refractivity contribution in [1.29, 1.82) is 0 Å². The van der Waals surface area contributed by atoms with E-state index in [-0.39, 0.29) is 12.1 Å². The molecule has 0 radical (unpaired) electrons. The molecule has 2 atom stereocenters. The molecule has 1 saturated heterocycles. The smallest absolute Gasteiger partial charge is 0.0715 e. The lowest BCUT2D eigenvalue weighted by atomic mass is 10.0. The summed E-state index contributed by atoms with van der Waals surface area (Å²) in [5, 5.41) is 9.33. The van der Waals surface area contributed by atoms with Gasteiger partial charge in [-0.25, -0.2) is 0 Å². The molecule has 66 valence electrons. The molecular formula is C8H18N2O. The molecule has 0 bridgehead atoms. The lowest BCUT2D eigenvalue weighted by Gasteiger charge is -2.36. The third kappa shape index (κ3) is 2.15. The zero-order valence-corrected chi connectivity index (χ0v) is 7.33. The quantitative estimate of drug-likeness (QED) is 0.555. The van der Waals surface area contributed by atoms with E-state index in [0.29, 0.717) is 6.04 Å². The minimum atomic E-state index is -0.287. The second-order valence-electron chi connectivity index (χ2n) is 3.61. The monoisotopic (exact) mass is 158 g/mol. The predicted molar refractivity (Wildman–Crippen MR) is 45.3 cm³/mol. The highest BCUT2D eigenvalue weighted by atomic mass is 16.3. The van der Waals surface area contributed by atoms with E-state index in [4.69, 9.17) is 5.73 Å². The minimum Gasteiger partial charge on any atom is -0.391 e. The Balaban J connectivity index is 2.40. The maximum atomic E-state index is 9.33. The fraction of sp³-hybridized carbons (Fsp3) is 1.00. The fourth-order valence-electron chi connectivity index (χ4n) is 1.46. The molecular weight excluding hydrogens is 140 g/mol. The first-order valence-corrected chi connectivity index (χ1v) is 4.29. The molecule has 0 spiro atoms. The summed E-state index contributed by atoms with van der Waals surface area (Å²) in [6, 6.07) is 0.500. The Kier molecular flexibility index (Phi) is 2.87. The van der Waals surface area contributed by atoms with Gasteiger partial charge in [-0.05, 0) is 20.3 Å². The van der Waals surface area contributed by atoms with Gasteiger partial charge >= 0.3 is 0 Å². The molecule has 3 heteroatoms. The van der Waals surface area contributed by atoms with Crippen LogP contribution in [0.2, 0.25) is 0 Å². The van der Waals surface area contributed by atoms with Crippen LogP contribution in [-0.2, 0) is 0 Å². The molecule has 3 nitrogen and oxygen atoms in total. The average Bonchev–Trinajstić information content (AvgIpc) is 1.94. The largest absolute Gasteiger partial charge is 0.391 e. The van der Waals surface area contributed by atoms with E-state index in [9.17, 15) is 5.11 Å². The van der Waals surface area contributed by atoms with Crippen LogP contribution >= 0.6 is 0 Å². The Morgan fingerprint density at radius 2 is 2.18 bits per heavy atom. The van der Waals surface area contributed by atoms with E-state index in [2.05, 4.69) is 18.7 Å². The Bertz CT molecular complexity index is 127. The van der Waals surface area contributed by atoms with Gasteiger partial charge in [0.05, 0.1) is 6.10 Å². The molecule has 1 fully saturated rings. The third-order valence-electron chi connectivity index (χ3n) is 2.38. The van der Waals surface area contributed by atoms with Crippen molar-refractivity contribution in [1.82, 2.24) is 4.90 Å². The van der Waals surface area contributed by atoms with Gasteiger partial charge in [-0.3, -0.25) is 4.90 Å². The van der Waals surface area contributed by atoms with Crippen LogP contribution in [0.4, 0.5) is 0 Å². The van der Waals surface area contributed by atoms with Crippen LogP contribution in [0.25, 0.3) is 0 Å². The van der Waals surface area contributed by atoms with Gasteiger partial charge in [-0.15, -0.1) is 0 Å². The molecule has 0 aromatic heterocycles. The van der Waals surface area contributed by atoms with Crippen LogP contribution in [0.15, 0.2) is 0 Å². The van der Waals surface area contributed by atoms with E-state index < -0.39 is 0 Å². The summed E-state index contributed by atoms with van der Waals surface area (Å²) in [7, 11) is 0. The van der Waals surface area contributed by atoms with Gasteiger partial charge < -0.3 is 10.8 Å². The maximum absolute atomic E-state index is 9.33. The number of likely N-dealkylation sites (tertiary alicyclic amines) is 1. The molecule has 0 saturated carbocycles. The maximum Gasteiger partial charge on any atom is 0.0715 e. The van der Waals surface area contributed by atoms with Crippen molar-refractivity contribution in [3.8, 4) is 0 Å². The van der Waals surface area contributed by atoms with Gasteiger partial charge in [0, 0.05) is 25.2 Å². The van der Waals surface area contributed by atoms with Gasteiger partial charge in [0.1, 0.15) is 0 Å². The number of rotatable bonds is 1. The van der Waals surface area contributed by atoms with Gasteiger partial charge in [-0.2, -0.15) is 0 Å². The van der Waals surface area contributed by atoms with Crippen molar-refractivity contribution < 1.29 is 5.11 Å². The predicted octanol–water partition coefficient (Wildman–Crippen LogP) is -0.211. The molecule has 0 unspecified atom stereocenters. The molecule has 1 aliphatic rings. The SMILES string of the molecule is CC(C)N1CC[C@@H](O)[C@H](N)C1. The topological polar surface area (TPSA) is 49.5 Å². The molecule has 1 heterocycles. The summed E-state index contributed by atoms with van der Waals surface area (Å²) in [5.74, 6) is 0. The zero-order valence-electron chi connectivity index (χ0n) is 7.33. The van der Waals surface area contributed by atoms with Crippen LogP contribution < -0.4 is 5.73 Å². The minimum absolute atomic E-state index is 0.0499. The first-order valence-electron chi connectivity index (χ1n) is 4.29. The van der Waals surface area contributed by atoms with Gasteiger partial charge in [0.15, 0.2) is 0 Å². The number of nitrogens with zero attached hydrogens (tertiary/aromatic N) is 1. The fourth-order valence-corrected chi connectivity index (χ4v) is 1.46. The first kappa shape index (κ1) is 8.97. The summed E-state index contributed by atoms with van der Waals surface area (Å²) < 4.78 is 0. The second-order valence-corrected chi connectivity index (χ2v) is 3.61. The van der Waals surface area contributed by atoms with E-state index >= 15 is 0 Å². The summed E-state index contributed by atoms with van der Waals surface area (Å²) in [6.45, 7) is 6.13. The van der Waals surface area contributed by atoms with Crippen molar-refractivity contribution in [3.63, 3.8) is 0 Å². The van der Waals surface area contributed by atoms with Crippen molar-refractivity contribution >= 4 is 0 Å². The Hall–Kier alpha value is -0.120. The van der Waals surface area contributed by atoms with E-state index in [1.165, 1.54) is 0 Å². The molecule has 1 aliphatic heterocycles. The number of hydrogen-bond donors (Lipinski definition) is 2. The van der Waals surface area contributed by atoms with Gasteiger partial charge in [0.25, 0.3) is 0 Å². The highest BCUT2D eigenvalue weighted by Crippen LogP contribution is 2.11. The Labute approximate surface area is 68.2 Å². The van der Waals surface area contributed by atoms with Crippen LogP contribution in [-0.4, -0.2) is 41.3 Å². The first-order chi connectivity index (χ1) is 5.11. The number of piperidine rings is 1. The van der Waals surface area contributed by atoms with Gasteiger partial charge in [-0.1, -0.05) is 0 Å². The summed E-state index contributed by atoms with van der Waals surface area (Å²) in [4.78, 5) is 2.30. The van der Waals surface area contributed by atoms with Crippen LogP contribution in [0, 0.1) is 0 Å². The zero-order chi connectivity index (χ0) is 8.43. The van der Waals surface area contributed by atoms with E-state index in [0.717, 1.165) is 19.5 Å². The van der Waals surface area contributed by atoms with Crippen molar-refractivity contribution in [2.75, 3.05) is 13.1 Å².